The second-order valence-corrected chi connectivity index (χ2v) is 5.82. The molecule has 0 saturated carbocycles. The summed E-state index contributed by atoms with van der Waals surface area (Å²) >= 11 is 0. The Kier molecular flexibility index (Phi) is 5.27. The van der Waals surface area contributed by atoms with Gasteiger partial charge in [-0.3, -0.25) is 9.78 Å². The van der Waals surface area contributed by atoms with E-state index in [2.05, 4.69) is 22.2 Å². The summed E-state index contributed by atoms with van der Waals surface area (Å²) in [5.41, 5.74) is 3.07. The Balaban J connectivity index is 2.18. The van der Waals surface area contributed by atoms with Gasteiger partial charge in [0.2, 0.25) is 0 Å². The number of anilines is 2. The molecule has 0 fully saturated rings. The van der Waals surface area contributed by atoms with Gasteiger partial charge in [-0.2, -0.15) is 0 Å². The standard InChI is InChI=1S/C21H20FN3O/c1-3-12-23-21(26)16-13-24-19-14(4-2)8-7-9-15(19)20(16)25-18-11-6-5-10-17(18)22/h3,5-11,13H,1,4,12H2,2H3,(H,23,26)(H,24,25). The normalized spacial score (nSPS) is 10.5. The number of hydrogen-bond donors (Lipinski definition) is 2. The zero-order valence-electron chi connectivity index (χ0n) is 14.6. The lowest BCUT2D eigenvalue weighted by atomic mass is 10.0. The number of carbonyl (C=O) groups excluding carboxylic acids is 1. The van der Waals surface area contributed by atoms with Crippen molar-refractivity contribution in [2.75, 3.05) is 11.9 Å². The van der Waals surface area contributed by atoms with Gasteiger partial charge < -0.3 is 10.6 Å². The number of hydrogen-bond acceptors (Lipinski definition) is 3. The van der Waals surface area contributed by atoms with Gasteiger partial charge in [0.15, 0.2) is 0 Å². The number of rotatable bonds is 6. The summed E-state index contributed by atoms with van der Waals surface area (Å²) in [5, 5.41) is 6.62. The minimum absolute atomic E-state index is 0.292. The van der Waals surface area contributed by atoms with E-state index >= 15 is 0 Å². The maximum atomic E-state index is 14.2. The van der Waals surface area contributed by atoms with Crippen molar-refractivity contribution in [2.24, 2.45) is 0 Å². The molecule has 5 heteroatoms. The average molecular weight is 349 g/mol. The Labute approximate surface area is 151 Å². The van der Waals surface area contributed by atoms with E-state index in [1.807, 2.05) is 25.1 Å². The van der Waals surface area contributed by atoms with Crippen LogP contribution < -0.4 is 10.6 Å². The van der Waals surface area contributed by atoms with Crippen molar-refractivity contribution in [3.05, 3.63) is 78.3 Å². The lowest BCUT2D eigenvalue weighted by Crippen LogP contribution is -2.24. The highest BCUT2D eigenvalue weighted by Gasteiger charge is 2.17. The maximum absolute atomic E-state index is 14.2. The molecule has 0 saturated heterocycles. The highest BCUT2D eigenvalue weighted by atomic mass is 19.1. The van der Waals surface area contributed by atoms with Crippen LogP contribution in [0.1, 0.15) is 22.8 Å². The number of aromatic nitrogens is 1. The van der Waals surface area contributed by atoms with Crippen molar-refractivity contribution in [2.45, 2.75) is 13.3 Å². The molecule has 3 aromatic rings. The van der Waals surface area contributed by atoms with Crippen LogP contribution in [-0.2, 0) is 6.42 Å². The average Bonchev–Trinajstić information content (AvgIpc) is 2.67. The zero-order valence-corrected chi connectivity index (χ0v) is 14.6. The number of halogens is 1. The third-order valence-corrected chi connectivity index (χ3v) is 4.15. The monoisotopic (exact) mass is 349 g/mol. The predicted octanol–water partition coefficient (Wildman–Crippen LogP) is 4.60. The van der Waals surface area contributed by atoms with Crippen molar-refractivity contribution in [1.29, 1.82) is 0 Å². The molecule has 132 valence electrons. The van der Waals surface area contributed by atoms with Gasteiger partial charge in [-0.1, -0.05) is 43.3 Å². The number of pyridine rings is 1. The van der Waals surface area contributed by atoms with Crippen LogP contribution in [-0.4, -0.2) is 17.4 Å². The summed E-state index contributed by atoms with van der Waals surface area (Å²) in [5.74, 6) is -0.679. The van der Waals surface area contributed by atoms with Gasteiger partial charge in [-0.15, -0.1) is 6.58 Å². The fourth-order valence-corrected chi connectivity index (χ4v) is 2.83. The number of para-hydroxylation sites is 2. The van der Waals surface area contributed by atoms with Crippen LogP contribution in [0, 0.1) is 5.82 Å². The number of amides is 1. The molecule has 1 heterocycles. The first-order valence-corrected chi connectivity index (χ1v) is 8.47. The molecule has 0 bridgehead atoms. The van der Waals surface area contributed by atoms with Crippen LogP contribution in [0.25, 0.3) is 10.9 Å². The van der Waals surface area contributed by atoms with Crippen LogP contribution in [0.15, 0.2) is 61.3 Å². The number of nitrogens with zero attached hydrogens (tertiary/aromatic N) is 1. The second kappa shape index (κ2) is 7.78. The van der Waals surface area contributed by atoms with Gasteiger partial charge in [0, 0.05) is 18.1 Å². The molecule has 3 rings (SSSR count). The zero-order chi connectivity index (χ0) is 18.5. The highest BCUT2D eigenvalue weighted by Crippen LogP contribution is 2.31. The lowest BCUT2D eigenvalue weighted by Gasteiger charge is -2.16. The minimum Gasteiger partial charge on any atom is -0.352 e. The highest BCUT2D eigenvalue weighted by molar-refractivity contribution is 6.08. The van der Waals surface area contributed by atoms with Crippen LogP contribution in [0.4, 0.5) is 15.8 Å². The number of fused-ring (bicyclic) bond motifs is 1. The van der Waals surface area contributed by atoms with E-state index in [0.29, 0.717) is 23.5 Å². The molecular formula is C21H20FN3O. The fourth-order valence-electron chi connectivity index (χ4n) is 2.83. The summed E-state index contributed by atoms with van der Waals surface area (Å²) < 4.78 is 14.2. The predicted molar refractivity (Wildman–Crippen MR) is 103 cm³/mol. The van der Waals surface area contributed by atoms with E-state index in [9.17, 15) is 9.18 Å². The molecular weight excluding hydrogens is 329 g/mol. The number of nitrogens with one attached hydrogen (secondary N) is 2. The second-order valence-electron chi connectivity index (χ2n) is 5.82. The largest absolute Gasteiger partial charge is 0.352 e. The number of benzene rings is 2. The van der Waals surface area contributed by atoms with Crippen LogP contribution >= 0.6 is 0 Å². The van der Waals surface area contributed by atoms with Gasteiger partial charge in [0.25, 0.3) is 5.91 Å². The summed E-state index contributed by atoms with van der Waals surface area (Å²) in [6, 6.07) is 12.2. The molecule has 0 atom stereocenters. The summed E-state index contributed by atoms with van der Waals surface area (Å²) in [6.45, 7) is 5.99. The number of carbonyl (C=O) groups is 1. The van der Waals surface area contributed by atoms with Crippen molar-refractivity contribution in [1.82, 2.24) is 10.3 Å². The summed E-state index contributed by atoms with van der Waals surface area (Å²) in [4.78, 5) is 17.1. The minimum atomic E-state index is -0.387. The smallest absolute Gasteiger partial charge is 0.255 e. The first kappa shape index (κ1) is 17.6. The van der Waals surface area contributed by atoms with Gasteiger partial charge in [0.1, 0.15) is 5.82 Å². The Bertz CT molecular complexity index is 969. The SMILES string of the molecule is C=CCNC(=O)c1cnc2c(CC)cccc2c1Nc1ccccc1F. The molecule has 0 aliphatic heterocycles. The molecule has 4 nitrogen and oxygen atoms in total. The van der Waals surface area contributed by atoms with E-state index in [1.54, 1.807) is 24.3 Å². The summed E-state index contributed by atoms with van der Waals surface area (Å²) in [7, 11) is 0. The van der Waals surface area contributed by atoms with Crippen molar-refractivity contribution >= 4 is 28.2 Å². The number of aryl methyl sites for hydroxylation is 1. The third kappa shape index (κ3) is 3.42. The fraction of sp³-hybridized carbons (Fsp3) is 0.143. The molecule has 1 aromatic heterocycles. The Morgan fingerprint density at radius 3 is 2.77 bits per heavy atom. The molecule has 0 spiro atoms. The first-order valence-electron chi connectivity index (χ1n) is 8.47. The van der Waals surface area contributed by atoms with Crippen LogP contribution in [0.3, 0.4) is 0 Å². The van der Waals surface area contributed by atoms with Crippen LogP contribution in [0.5, 0.6) is 0 Å². The molecule has 0 radical (unpaired) electrons. The molecule has 1 amide bonds. The van der Waals surface area contributed by atoms with Gasteiger partial charge in [-0.25, -0.2) is 4.39 Å². The Morgan fingerprint density at radius 1 is 1.23 bits per heavy atom. The van der Waals surface area contributed by atoms with Crippen molar-refractivity contribution in [3.8, 4) is 0 Å². The Hall–Kier alpha value is -3.21. The molecule has 2 N–H and O–H groups in total. The topological polar surface area (TPSA) is 54.0 Å². The Morgan fingerprint density at radius 2 is 2.04 bits per heavy atom. The molecule has 2 aromatic carbocycles. The molecule has 26 heavy (non-hydrogen) atoms. The van der Waals surface area contributed by atoms with E-state index < -0.39 is 0 Å². The summed E-state index contributed by atoms with van der Waals surface area (Å²) in [6.07, 6.45) is 3.94. The quantitative estimate of drug-likeness (QED) is 0.640. The van der Waals surface area contributed by atoms with E-state index in [1.165, 1.54) is 12.3 Å². The van der Waals surface area contributed by atoms with E-state index in [0.717, 1.165) is 22.9 Å². The van der Waals surface area contributed by atoms with E-state index in [4.69, 9.17) is 0 Å². The van der Waals surface area contributed by atoms with Crippen molar-refractivity contribution in [3.63, 3.8) is 0 Å². The maximum Gasteiger partial charge on any atom is 0.255 e. The molecule has 0 unspecified atom stereocenters. The van der Waals surface area contributed by atoms with E-state index in [-0.39, 0.29) is 11.7 Å². The first-order chi connectivity index (χ1) is 12.7. The van der Waals surface area contributed by atoms with Crippen LogP contribution in [0.2, 0.25) is 0 Å². The van der Waals surface area contributed by atoms with Crippen molar-refractivity contribution < 1.29 is 9.18 Å². The van der Waals surface area contributed by atoms with Gasteiger partial charge in [0.05, 0.1) is 22.5 Å². The molecule has 0 aliphatic carbocycles. The lowest BCUT2D eigenvalue weighted by molar-refractivity contribution is 0.0958. The third-order valence-electron chi connectivity index (χ3n) is 4.15. The molecule has 0 aliphatic rings. The van der Waals surface area contributed by atoms with Gasteiger partial charge >= 0.3 is 0 Å². The van der Waals surface area contributed by atoms with Gasteiger partial charge in [-0.05, 0) is 24.1 Å².